The van der Waals surface area contributed by atoms with Crippen molar-refractivity contribution < 1.29 is 19.1 Å². The molecule has 0 aromatic heterocycles. The summed E-state index contributed by atoms with van der Waals surface area (Å²) >= 11 is 7.21. The molecule has 0 aliphatic carbocycles. The topological polar surface area (TPSA) is 66.4 Å². The number of fused-ring (bicyclic) bond motifs is 1. The fourth-order valence-corrected chi connectivity index (χ4v) is 4.33. The van der Waals surface area contributed by atoms with Crippen LogP contribution in [-0.4, -0.2) is 22.7 Å². The first-order valence-electron chi connectivity index (χ1n) is 8.12. The zero-order valence-corrected chi connectivity index (χ0v) is 15.3. The van der Waals surface area contributed by atoms with Gasteiger partial charge in [-0.3, -0.25) is 9.59 Å². The van der Waals surface area contributed by atoms with Crippen LogP contribution in [0, 0.1) is 5.82 Å². The Hall–Kier alpha value is -2.05. The zero-order chi connectivity index (χ0) is 18.7. The maximum Gasteiger partial charge on any atom is 0.305 e. The van der Waals surface area contributed by atoms with Crippen LogP contribution < -0.4 is 5.32 Å². The Balaban J connectivity index is 1.84. The molecule has 136 valence electrons. The highest BCUT2D eigenvalue weighted by Gasteiger charge is 2.29. The lowest BCUT2D eigenvalue weighted by atomic mass is 9.99. The first-order chi connectivity index (χ1) is 12.5. The molecule has 4 nitrogen and oxygen atoms in total. The smallest absolute Gasteiger partial charge is 0.305 e. The molecule has 1 aliphatic heterocycles. The van der Waals surface area contributed by atoms with Gasteiger partial charge in [0.25, 0.3) is 0 Å². The van der Waals surface area contributed by atoms with E-state index in [1.807, 2.05) is 24.3 Å². The molecule has 0 bridgehead atoms. The van der Waals surface area contributed by atoms with Crippen LogP contribution in [0.4, 0.5) is 4.39 Å². The Morgan fingerprint density at radius 3 is 2.81 bits per heavy atom. The third-order valence-corrected chi connectivity index (χ3v) is 5.82. The highest BCUT2D eigenvalue weighted by atomic mass is 35.5. The number of halogens is 2. The van der Waals surface area contributed by atoms with Crippen LogP contribution in [0.15, 0.2) is 42.5 Å². The first-order valence-corrected chi connectivity index (χ1v) is 9.55. The minimum Gasteiger partial charge on any atom is -0.481 e. The number of carboxylic acid groups (broad SMARTS) is 1. The van der Waals surface area contributed by atoms with Gasteiger partial charge in [-0.1, -0.05) is 41.9 Å². The number of hydrogen-bond donors (Lipinski definition) is 2. The highest BCUT2D eigenvalue weighted by Crippen LogP contribution is 2.37. The quantitative estimate of drug-likeness (QED) is 0.801. The summed E-state index contributed by atoms with van der Waals surface area (Å²) in [4.78, 5) is 24.0. The number of nitrogens with one attached hydrogen (secondary N) is 1. The molecule has 2 unspecified atom stereocenters. The lowest BCUT2D eigenvalue weighted by Gasteiger charge is -2.26. The molecular formula is C19H17ClFNO3S. The van der Waals surface area contributed by atoms with Gasteiger partial charge in [-0.15, -0.1) is 11.8 Å². The normalized spacial score (nSPS) is 17.2. The van der Waals surface area contributed by atoms with Crippen molar-refractivity contribution in [3.63, 3.8) is 0 Å². The van der Waals surface area contributed by atoms with E-state index in [2.05, 4.69) is 5.32 Å². The number of hydrogen-bond acceptors (Lipinski definition) is 3. The molecule has 1 aliphatic rings. The van der Waals surface area contributed by atoms with Crippen LogP contribution >= 0.6 is 23.4 Å². The maximum absolute atomic E-state index is 13.8. The van der Waals surface area contributed by atoms with Crippen LogP contribution in [-0.2, 0) is 16.0 Å². The molecule has 0 fully saturated rings. The summed E-state index contributed by atoms with van der Waals surface area (Å²) in [5, 5.41) is 11.5. The Bertz CT molecular complexity index is 845. The second-order valence-electron chi connectivity index (χ2n) is 6.03. The molecule has 0 radical (unpaired) electrons. The molecular weight excluding hydrogens is 377 g/mol. The molecule has 26 heavy (non-hydrogen) atoms. The van der Waals surface area contributed by atoms with Gasteiger partial charge >= 0.3 is 5.97 Å². The average molecular weight is 394 g/mol. The molecule has 0 spiro atoms. The summed E-state index contributed by atoms with van der Waals surface area (Å²) < 4.78 is 13.8. The average Bonchev–Trinajstić information content (AvgIpc) is 2.62. The fourth-order valence-electron chi connectivity index (χ4n) is 3.01. The van der Waals surface area contributed by atoms with Crippen molar-refractivity contribution in [1.29, 1.82) is 0 Å². The predicted octanol–water partition coefficient (Wildman–Crippen LogP) is 4.14. The lowest BCUT2D eigenvalue weighted by molar-refractivity contribution is -0.137. The van der Waals surface area contributed by atoms with Crippen LogP contribution in [0.25, 0.3) is 0 Å². The highest BCUT2D eigenvalue weighted by molar-refractivity contribution is 8.00. The molecule has 1 amide bonds. The van der Waals surface area contributed by atoms with E-state index in [4.69, 9.17) is 11.6 Å². The Morgan fingerprint density at radius 1 is 1.31 bits per heavy atom. The second-order valence-corrected chi connectivity index (χ2v) is 7.65. The van der Waals surface area contributed by atoms with Crippen molar-refractivity contribution in [2.45, 2.75) is 24.1 Å². The maximum atomic E-state index is 13.8. The molecule has 3 rings (SSSR count). The van der Waals surface area contributed by atoms with E-state index < -0.39 is 23.1 Å². The van der Waals surface area contributed by atoms with Crippen molar-refractivity contribution in [3.8, 4) is 0 Å². The Kier molecular flexibility index (Phi) is 5.84. The zero-order valence-electron chi connectivity index (χ0n) is 13.7. The number of aliphatic carboxylic acids is 1. The van der Waals surface area contributed by atoms with Crippen molar-refractivity contribution in [3.05, 3.63) is 70.0 Å². The van der Waals surface area contributed by atoms with Crippen LogP contribution in [0.3, 0.4) is 0 Å². The standard InChI is InChI=1S/C19H17ClFNO3S/c20-14-6-5-12(9-15(14)21)16(10-17(23)24)22-19(25)18-13-4-2-1-3-11(13)7-8-26-18/h1-6,9,16,18H,7-8,10H2,(H,22,25)(H,23,24). The molecule has 7 heteroatoms. The Labute approximate surface area is 159 Å². The summed E-state index contributed by atoms with van der Waals surface area (Å²) in [6, 6.07) is 11.0. The van der Waals surface area contributed by atoms with Gasteiger partial charge in [0.1, 0.15) is 11.1 Å². The lowest BCUT2D eigenvalue weighted by Crippen LogP contribution is -2.34. The summed E-state index contributed by atoms with van der Waals surface area (Å²) in [6.07, 6.45) is 0.553. The monoisotopic (exact) mass is 393 g/mol. The summed E-state index contributed by atoms with van der Waals surface area (Å²) in [5.41, 5.74) is 2.44. The van der Waals surface area contributed by atoms with Crippen molar-refractivity contribution in [1.82, 2.24) is 5.32 Å². The van der Waals surface area contributed by atoms with Gasteiger partial charge in [0, 0.05) is 0 Å². The number of rotatable bonds is 5. The molecule has 2 aromatic rings. The van der Waals surface area contributed by atoms with Crippen molar-refractivity contribution in [2.75, 3.05) is 5.75 Å². The van der Waals surface area contributed by atoms with Gasteiger partial charge in [-0.2, -0.15) is 0 Å². The van der Waals surface area contributed by atoms with Crippen molar-refractivity contribution >= 4 is 35.2 Å². The largest absolute Gasteiger partial charge is 0.481 e. The number of aryl methyl sites for hydroxylation is 1. The number of carbonyl (C=O) groups excluding carboxylic acids is 1. The molecule has 1 heterocycles. The molecule has 0 saturated heterocycles. The van der Waals surface area contributed by atoms with E-state index in [-0.39, 0.29) is 17.4 Å². The van der Waals surface area contributed by atoms with Crippen LogP contribution in [0.5, 0.6) is 0 Å². The summed E-state index contributed by atoms with van der Waals surface area (Å²) in [5.74, 6) is -1.19. The van der Waals surface area contributed by atoms with Gasteiger partial charge in [0.05, 0.1) is 17.5 Å². The molecule has 2 N–H and O–H groups in total. The number of carboxylic acids is 1. The van der Waals surface area contributed by atoms with E-state index in [1.54, 1.807) is 0 Å². The number of amides is 1. The Morgan fingerprint density at radius 2 is 2.08 bits per heavy atom. The van der Waals surface area contributed by atoms with Gasteiger partial charge in [-0.05, 0) is 41.0 Å². The van der Waals surface area contributed by atoms with E-state index >= 15 is 0 Å². The van der Waals surface area contributed by atoms with Crippen LogP contribution in [0.1, 0.15) is 34.4 Å². The van der Waals surface area contributed by atoms with Gasteiger partial charge in [0.2, 0.25) is 5.91 Å². The predicted molar refractivity (Wildman–Crippen MR) is 99.9 cm³/mol. The summed E-state index contributed by atoms with van der Waals surface area (Å²) in [7, 11) is 0. The number of carbonyl (C=O) groups is 2. The summed E-state index contributed by atoms with van der Waals surface area (Å²) in [6.45, 7) is 0. The fraction of sp³-hybridized carbons (Fsp3) is 0.263. The third-order valence-electron chi connectivity index (χ3n) is 4.27. The van der Waals surface area contributed by atoms with Crippen LogP contribution in [0.2, 0.25) is 5.02 Å². The van der Waals surface area contributed by atoms with Crippen molar-refractivity contribution in [2.24, 2.45) is 0 Å². The van der Waals surface area contributed by atoms with E-state index in [0.29, 0.717) is 5.56 Å². The second kappa shape index (κ2) is 8.10. The number of thioether (sulfide) groups is 1. The van der Waals surface area contributed by atoms with E-state index in [0.717, 1.165) is 29.4 Å². The molecule has 0 saturated carbocycles. The minimum absolute atomic E-state index is 0.0501. The first kappa shape index (κ1) is 18.7. The van der Waals surface area contributed by atoms with E-state index in [1.165, 1.54) is 23.9 Å². The van der Waals surface area contributed by atoms with Gasteiger partial charge in [-0.25, -0.2) is 4.39 Å². The number of benzene rings is 2. The third kappa shape index (κ3) is 4.19. The molecule has 2 atom stereocenters. The SMILES string of the molecule is O=C(O)CC(NC(=O)C1SCCc2ccccc21)c1ccc(Cl)c(F)c1. The van der Waals surface area contributed by atoms with E-state index in [9.17, 15) is 19.1 Å². The van der Waals surface area contributed by atoms with Gasteiger partial charge < -0.3 is 10.4 Å². The molecule has 2 aromatic carbocycles. The van der Waals surface area contributed by atoms with Gasteiger partial charge in [0.15, 0.2) is 0 Å². The minimum atomic E-state index is -1.08.